The van der Waals surface area contributed by atoms with Crippen molar-refractivity contribution < 1.29 is 29.6 Å². The van der Waals surface area contributed by atoms with Gasteiger partial charge in [-0.1, -0.05) is 6.07 Å². The second-order valence-electron chi connectivity index (χ2n) is 4.86. The maximum atomic E-state index is 10.7. The van der Waals surface area contributed by atoms with Crippen molar-refractivity contribution >= 4 is 11.0 Å². The molecule has 1 aliphatic rings. The molecule has 0 bridgehead atoms. The molecule has 0 saturated carbocycles. The Morgan fingerprint density at radius 3 is 2.85 bits per heavy atom. The van der Waals surface area contributed by atoms with Gasteiger partial charge in [0, 0.05) is 5.39 Å². The van der Waals surface area contributed by atoms with Gasteiger partial charge in [-0.15, -0.1) is 0 Å². The Balaban J connectivity index is 2.07. The molecule has 0 spiro atoms. The summed E-state index contributed by atoms with van der Waals surface area (Å²) in [7, 11) is 0. The van der Waals surface area contributed by atoms with Crippen LogP contribution in [0.25, 0.3) is 11.0 Å². The summed E-state index contributed by atoms with van der Waals surface area (Å²) in [4.78, 5) is 0. The highest BCUT2D eigenvalue weighted by molar-refractivity contribution is 5.78. The van der Waals surface area contributed by atoms with Gasteiger partial charge < -0.3 is 29.6 Å². The number of hydrogen-bond acceptors (Lipinski definition) is 6. The number of hydrogen-bond donors (Lipinski definition) is 4. The van der Waals surface area contributed by atoms with Crippen LogP contribution in [-0.4, -0.2) is 45.8 Å². The van der Waals surface area contributed by atoms with E-state index in [1.165, 1.54) is 6.26 Å². The average Bonchev–Trinajstić information content (AvgIpc) is 2.92. The van der Waals surface area contributed by atoms with E-state index in [1.54, 1.807) is 24.3 Å². The van der Waals surface area contributed by atoms with E-state index in [9.17, 15) is 15.3 Å². The Kier molecular flexibility index (Phi) is 3.27. The van der Waals surface area contributed by atoms with Crippen molar-refractivity contribution in [2.75, 3.05) is 13.2 Å². The Hall–Kier alpha value is -1.44. The minimum atomic E-state index is -1.98. The van der Waals surface area contributed by atoms with E-state index < -0.39 is 30.5 Å². The molecule has 6 heteroatoms. The fourth-order valence-electron chi connectivity index (χ4n) is 2.52. The summed E-state index contributed by atoms with van der Waals surface area (Å²) in [5, 5.41) is 40.8. The maximum absolute atomic E-state index is 10.7. The minimum absolute atomic E-state index is 0.248. The van der Waals surface area contributed by atoms with Crippen LogP contribution in [0.1, 0.15) is 5.56 Å². The van der Waals surface area contributed by atoms with Crippen molar-refractivity contribution in [1.82, 2.24) is 0 Å². The third-order valence-electron chi connectivity index (χ3n) is 3.73. The highest BCUT2D eigenvalue weighted by Crippen LogP contribution is 2.40. The Morgan fingerprint density at radius 2 is 2.10 bits per heavy atom. The largest absolute Gasteiger partial charge is 0.464 e. The molecule has 3 atom stereocenters. The highest BCUT2D eigenvalue weighted by atomic mass is 16.5. The molecule has 0 unspecified atom stereocenters. The number of ether oxygens (including phenoxy) is 1. The fourth-order valence-corrected chi connectivity index (χ4v) is 2.52. The molecule has 6 nitrogen and oxygen atoms in total. The standard InChI is InChI=1S/C14H15O6/c15-6-11-13(17)14(18,12(16)7-20-11)9-1-2-10-8(5-9)3-4-19-10/h1-5,11,13,15-18H,6-7H2/t11-,13-,14-/m1/s1. The molecule has 1 aromatic carbocycles. The third kappa shape index (κ3) is 1.85. The van der Waals surface area contributed by atoms with Crippen LogP contribution >= 0.6 is 0 Å². The second-order valence-corrected chi connectivity index (χ2v) is 4.86. The highest BCUT2D eigenvalue weighted by Gasteiger charge is 2.52. The van der Waals surface area contributed by atoms with Crippen molar-refractivity contribution in [3.8, 4) is 0 Å². The summed E-state index contributed by atoms with van der Waals surface area (Å²) in [5.74, 6) is 0. The second kappa shape index (κ2) is 4.83. The predicted octanol–water partition coefficient (Wildman–Crippen LogP) is 0.277. The molecule has 3 rings (SSSR count). The number of furan rings is 1. The van der Waals surface area contributed by atoms with E-state index >= 15 is 0 Å². The number of fused-ring (bicyclic) bond motifs is 1. The lowest BCUT2D eigenvalue weighted by molar-refractivity contribution is -0.215. The quantitative estimate of drug-likeness (QED) is 0.629. The lowest BCUT2D eigenvalue weighted by Gasteiger charge is -2.43. The van der Waals surface area contributed by atoms with Crippen molar-refractivity contribution in [2.45, 2.75) is 17.8 Å². The molecule has 2 aromatic rings. The van der Waals surface area contributed by atoms with E-state index in [1.807, 2.05) is 0 Å². The Morgan fingerprint density at radius 1 is 1.30 bits per heavy atom. The Labute approximate surface area is 114 Å². The number of aliphatic hydroxyl groups is 4. The SMILES string of the molecule is OC[C@H]1OC[C](O)[C@](O)(c2ccc3occc3c2)[C@@H]1O. The summed E-state index contributed by atoms with van der Waals surface area (Å²) < 4.78 is 10.3. The van der Waals surface area contributed by atoms with Crippen molar-refractivity contribution in [3.63, 3.8) is 0 Å². The van der Waals surface area contributed by atoms with E-state index in [-0.39, 0.29) is 6.61 Å². The predicted molar refractivity (Wildman–Crippen MR) is 68.1 cm³/mol. The van der Waals surface area contributed by atoms with Crippen LogP contribution < -0.4 is 0 Å². The zero-order valence-electron chi connectivity index (χ0n) is 10.6. The molecule has 1 saturated heterocycles. The van der Waals surface area contributed by atoms with Gasteiger partial charge >= 0.3 is 0 Å². The van der Waals surface area contributed by atoms with E-state index in [0.717, 1.165) is 5.39 Å². The number of aliphatic hydroxyl groups excluding tert-OH is 3. The number of rotatable bonds is 2. The van der Waals surface area contributed by atoms with E-state index in [4.69, 9.17) is 14.3 Å². The fraction of sp³-hybridized carbons (Fsp3) is 0.357. The summed E-state index contributed by atoms with van der Waals surface area (Å²) in [5.41, 5.74) is -1.02. The van der Waals surface area contributed by atoms with Crippen LogP contribution in [0.15, 0.2) is 34.9 Å². The van der Waals surface area contributed by atoms with Crippen LogP contribution in [0.4, 0.5) is 0 Å². The summed E-state index contributed by atoms with van der Waals surface area (Å²) >= 11 is 0. The molecule has 1 fully saturated rings. The third-order valence-corrected chi connectivity index (χ3v) is 3.73. The molecular formula is C14H15O6. The van der Waals surface area contributed by atoms with Gasteiger partial charge in [0.15, 0.2) is 11.7 Å². The van der Waals surface area contributed by atoms with Crippen LogP contribution in [0.2, 0.25) is 0 Å². The maximum Gasteiger partial charge on any atom is 0.157 e. The molecule has 1 aliphatic heterocycles. The van der Waals surface area contributed by atoms with Gasteiger partial charge in [0.25, 0.3) is 0 Å². The van der Waals surface area contributed by atoms with Gasteiger partial charge in [-0.05, 0) is 23.8 Å². The van der Waals surface area contributed by atoms with Gasteiger partial charge in [-0.2, -0.15) is 0 Å². The average molecular weight is 279 g/mol. The zero-order valence-corrected chi connectivity index (χ0v) is 10.6. The smallest absolute Gasteiger partial charge is 0.157 e. The molecule has 107 valence electrons. The number of benzene rings is 1. The van der Waals surface area contributed by atoms with Gasteiger partial charge in [-0.25, -0.2) is 0 Å². The van der Waals surface area contributed by atoms with Gasteiger partial charge in [0.1, 0.15) is 17.8 Å². The molecule has 4 N–H and O–H groups in total. The first-order valence-electron chi connectivity index (χ1n) is 6.23. The molecule has 2 heterocycles. The van der Waals surface area contributed by atoms with Crippen LogP contribution in [0, 0.1) is 6.10 Å². The van der Waals surface area contributed by atoms with Crippen molar-refractivity contribution in [2.24, 2.45) is 0 Å². The van der Waals surface area contributed by atoms with Gasteiger partial charge in [-0.3, -0.25) is 0 Å². The molecule has 0 amide bonds. The molecular weight excluding hydrogens is 264 g/mol. The lowest BCUT2D eigenvalue weighted by atomic mass is 9.79. The van der Waals surface area contributed by atoms with Crippen LogP contribution in [-0.2, 0) is 10.3 Å². The molecule has 1 radical (unpaired) electrons. The minimum Gasteiger partial charge on any atom is -0.464 e. The first-order chi connectivity index (χ1) is 9.57. The van der Waals surface area contributed by atoms with Gasteiger partial charge in [0.05, 0.1) is 19.5 Å². The summed E-state index contributed by atoms with van der Waals surface area (Å²) in [6.45, 7) is -0.701. The van der Waals surface area contributed by atoms with E-state index in [2.05, 4.69) is 0 Å². The molecule has 0 aliphatic carbocycles. The first-order valence-corrected chi connectivity index (χ1v) is 6.23. The monoisotopic (exact) mass is 279 g/mol. The van der Waals surface area contributed by atoms with Crippen molar-refractivity contribution in [1.29, 1.82) is 0 Å². The zero-order chi connectivity index (χ0) is 14.3. The molecule has 20 heavy (non-hydrogen) atoms. The summed E-state index contributed by atoms with van der Waals surface area (Å²) in [6.07, 6.45) is -1.31. The normalized spacial score (nSPS) is 31.8. The summed E-state index contributed by atoms with van der Waals surface area (Å²) in [6, 6.07) is 6.55. The molecule has 1 aromatic heterocycles. The van der Waals surface area contributed by atoms with Gasteiger partial charge in [0.2, 0.25) is 0 Å². The first kappa shape index (κ1) is 13.5. The lowest BCUT2D eigenvalue weighted by Crippen LogP contribution is -2.58. The van der Waals surface area contributed by atoms with Crippen molar-refractivity contribution in [3.05, 3.63) is 42.2 Å². The van der Waals surface area contributed by atoms with Crippen LogP contribution in [0.3, 0.4) is 0 Å². The Bertz CT molecular complexity index is 608. The van der Waals surface area contributed by atoms with E-state index in [0.29, 0.717) is 11.1 Å². The van der Waals surface area contributed by atoms with Crippen LogP contribution in [0.5, 0.6) is 0 Å². The topological polar surface area (TPSA) is 103 Å².